The van der Waals surface area contributed by atoms with Gasteiger partial charge in [0.15, 0.2) is 0 Å². The van der Waals surface area contributed by atoms with E-state index in [9.17, 15) is 14.7 Å². The van der Waals surface area contributed by atoms with E-state index >= 15 is 0 Å². The van der Waals surface area contributed by atoms with Gasteiger partial charge in [0.1, 0.15) is 0 Å². The maximum atomic E-state index is 12.7. The molecular weight excluding hydrogens is 346 g/mol. The SMILES string of the molecule is CCC(Cc1ccccc1Br)C(=O)N1CCC(C)(C(=O)O)C1. The van der Waals surface area contributed by atoms with Crippen LogP contribution in [0, 0.1) is 11.3 Å². The van der Waals surface area contributed by atoms with Crippen molar-refractivity contribution in [2.24, 2.45) is 11.3 Å². The highest BCUT2D eigenvalue weighted by Gasteiger charge is 2.43. The number of likely N-dealkylation sites (tertiary alicyclic amines) is 1. The van der Waals surface area contributed by atoms with E-state index in [0.717, 1.165) is 16.5 Å². The van der Waals surface area contributed by atoms with Crippen LogP contribution in [0.4, 0.5) is 0 Å². The van der Waals surface area contributed by atoms with Gasteiger partial charge < -0.3 is 10.0 Å². The van der Waals surface area contributed by atoms with Gasteiger partial charge in [0, 0.05) is 23.5 Å². The van der Waals surface area contributed by atoms with Gasteiger partial charge >= 0.3 is 5.97 Å². The van der Waals surface area contributed by atoms with Crippen LogP contribution in [-0.2, 0) is 16.0 Å². The van der Waals surface area contributed by atoms with Gasteiger partial charge in [-0.1, -0.05) is 41.1 Å². The smallest absolute Gasteiger partial charge is 0.311 e. The first-order valence-electron chi connectivity index (χ1n) is 7.63. The summed E-state index contributed by atoms with van der Waals surface area (Å²) in [5.74, 6) is -0.847. The summed E-state index contributed by atoms with van der Waals surface area (Å²) in [5.41, 5.74) is 0.310. The Morgan fingerprint density at radius 3 is 2.64 bits per heavy atom. The molecule has 1 aliphatic heterocycles. The molecule has 1 aromatic carbocycles. The van der Waals surface area contributed by atoms with Crippen LogP contribution >= 0.6 is 15.9 Å². The van der Waals surface area contributed by atoms with Crippen LogP contribution in [0.2, 0.25) is 0 Å². The minimum atomic E-state index is -0.818. The molecule has 2 unspecified atom stereocenters. The highest BCUT2D eigenvalue weighted by molar-refractivity contribution is 9.10. The van der Waals surface area contributed by atoms with Gasteiger partial charge in [0.2, 0.25) is 5.91 Å². The van der Waals surface area contributed by atoms with Crippen molar-refractivity contribution in [3.63, 3.8) is 0 Å². The van der Waals surface area contributed by atoms with Crippen molar-refractivity contribution in [3.05, 3.63) is 34.3 Å². The molecule has 4 nitrogen and oxygen atoms in total. The molecule has 1 aliphatic rings. The van der Waals surface area contributed by atoms with E-state index in [2.05, 4.69) is 15.9 Å². The van der Waals surface area contributed by atoms with Crippen molar-refractivity contribution in [1.82, 2.24) is 4.90 Å². The van der Waals surface area contributed by atoms with Crippen molar-refractivity contribution >= 4 is 27.8 Å². The second kappa shape index (κ2) is 6.82. The lowest BCUT2D eigenvalue weighted by Gasteiger charge is -2.24. The van der Waals surface area contributed by atoms with Crippen LogP contribution in [0.1, 0.15) is 32.3 Å². The maximum absolute atomic E-state index is 12.7. The predicted octanol–water partition coefficient (Wildman–Crippen LogP) is 3.34. The Bertz CT molecular complexity index is 575. The topological polar surface area (TPSA) is 57.6 Å². The fourth-order valence-electron chi connectivity index (χ4n) is 2.92. The number of hydrogen-bond donors (Lipinski definition) is 1. The number of halogens is 1. The lowest BCUT2D eigenvalue weighted by Crippen LogP contribution is -2.38. The first-order valence-corrected chi connectivity index (χ1v) is 8.42. The van der Waals surface area contributed by atoms with Crippen molar-refractivity contribution in [3.8, 4) is 0 Å². The minimum Gasteiger partial charge on any atom is -0.481 e. The normalized spacial score (nSPS) is 22.6. The molecule has 0 saturated carbocycles. The molecule has 1 aromatic rings. The van der Waals surface area contributed by atoms with Crippen molar-refractivity contribution in [1.29, 1.82) is 0 Å². The Morgan fingerprint density at radius 1 is 1.41 bits per heavy atom. The van der Waals surface area contributed by atoms with Gasteiger partial charge in [0.05, 0.1) is 5.41 Å². The van der Waals surface area contributed by atoms with Gasteiger partial charge in [-0.2, -0.15) is 0 Å². The first-order chi connectivity index (χ1) is 10.4. The van der Waals surface area contributed by atoms with Gasteiger partial charge in [-0.3, -0.25) is 9.59 Å². The second-order valence-electron chi connectivity index (χ2n) is 6.28. The predicted molar refractivity (Wildman–Crippen MR) is 88.6 cm³/mol. The molecule has 5 heteroatoms. The molecule has 1 fully saturated rings. The molecule has 0 radical (unpaired) electrons. The third kappa shape index (κ3) is 3.51. The summed E-state index contributed by atoms with van der Waals surface area (Å²) in [7, 11) is 0. The minimum absolute atomic E-state index is 0.0724. The number of carboxylic acids is 1. The largest absolute Gasteiger partial charge is 0.481 e. The fraction of sp³-hybridized carbons (Fsp3) is 0.529. The van der Waals surface area contributed by atoms with E-state index in [1.165, 1.54) is 0 Å². The van der Waals surface area contributed by atoms with E-state index in [1.54, 1.807) is 11.8 Å². The molecule has 1 N–H and O–H groups in total. The molecule has 0 spiro atoms. The average Bonchev–Trinajstić information content (AvgIpc) is 2.90. The van der Waals surface area contributed by atoms with Crippen molar-refractivity contribution < 1.29 is 14.7 Å². The molecule has 0 bridgehead atoms. The van der Waals surface area contributed by atoms with Gasteiger partial charge in [-0.25, -0.2) is 0 Å². The van der Waals surface area contributed by atoms with E-state index in [-0.39, 0.29) is 11.8 Å². The second-order valence-corrected chi connectivity index (χ2v) is 7.13. The van der Waals surface area contributed by atoms with E-state index in [1.807, 2.05) is 31.2 Å². The molecule has 0 aromatic heterocycles. The molecule has 2 rings (SSSR count). The molecule has 1 heterocycles. The first kappa shape index (κ1) is 17.0. The zero-order valence-corrected chi connectivity index (χ0v) is 14.6. The number of hydrogen-bond acceptors (Lipinski definition) is 2. The zero-order valence-electron chi connectivity index (χ0n) is 13.0. The number of carboxylic acid groups (broad SMARTS) is 1. The standard InChI is InChI=1S/C17H22BrNO3/c1-3-12(10-13-6-4-5-7-14(13)18)15(20)19-9-8-17(2,11-19)16(21)22/h4-7,12H,3,8-11H2,1-2H3,(H,21,22). The van der Waals surface area contributed by atoms with E-state index in [0.29, 0.717) is 25.9 Å². The summed E-state index contributed by atoms with van der Waals surface area (Å²) in [6.45, 7) is 4.57. The Morgan fingerprint density at radius 2 is 2.09 bits per heavy atom. The van der Waals surface area contributed by atoms with Crippen LogP contribution in [-0.4, -0.2) is 35.0 Å². The monoisotopic (exact) mass is 367 g/mol. The summed E-state index contributed by atoms with van der Waals surface area (Å²) in [6, 6.07) is 7.92. The molecule has 2 atom stereocenters. The van der Waals surface area contributed by atoms with Gasteiger partial charge in [-0.15, -0.1) is 0 Å². The summed E-state index contributed by atoms with van der Waals surface area (Å²) in [5, 5.41) is 9.30. The highest BCUT2D eigenvalue weighted by atomic mass is 79.9. The Kier molecular flexibility index (Phi) is 5.27. The summed E-state index contributed by atoms with van der Waals surface area (Å²) in [4.78, 5) is 25.8. The average molecular weight is 368 g/mol. The zero-order chi connectivity index (χ0) is 16.3. The van der Waals surface area contributed by atoms with Crippen molar-refractivity contribution in [2.45, 2.75) is 33.1 Å². The summed E-state index contributed by atoms with van der Waals surface area (Å²) >= 11 is 3.52. The molecule has 120 valence electrons. The Balaban J connectivity index is 2.07. The number of carbonyl (C=O) groups is 2. The molecule has 1 saturated heterocycles. The quantitative estimate of drug-likeness (QED) is 0.867. The lowest BCUT2D eigenvalue weighted by atomic mass is 9.90. The Labute approximate surface area is 139 Å². The number of nitrogens with zero attached hydrogens (tertiary/aromatic N) is 1. The van der Waals surface area contributed by atoms with Crippen molar-refractivity contribution in [2.75, 3.05) is 13.1 Å². The highest BCUT2D eigenvalue weighted by Crippen LogP contribution is 2.32. The Hall–Kier alpha value is -1.36. The van der Waals surface area contributed by atoms with Crippen LogP contribution in [0.5, 0.6) is 0 Å². The molecule has 1 amide bonds. The lowest BCUT2D eigenvalue weighted by molar-refractivity contribution is -0.147. The van der Waals surface area contributed by atoms with Crippen LogP contribution < -0.4 is 0 Å². The number of carbonyl (C=O) groups excluding carboxylic acids is 1. The van der Waals surface area contributed by atoms with Crippen LogP contribution in [0.25, 0.3) is 0 Å². The van der Waals surface area contributed by atoms with Crippen LogP contribution in [0.3, 0.4) is 0 Å². The number of rotatable bonds is 5. The van der Waals surface area contributed by atoms with Gasteiger partial charge in [-0.05, 0) is 37.8 Å². The third-order valence-corrected chi connectivity index (χ3v) is 5.34. The number of aliphatic carboxylic acids is 1. The van der Waals surface area contributed by atoms with Crippen LogP contribution in [0.15, 0.2) is 28.7 Å². The molecule has 0 aliphatic carbocycles. The van der Waals surface area contributed by atoms with E-state index < -0.39 is 11.4 Å². The summed E-state index contributed by atoms with van der Waals surface area (Å²) in [6.07, 6.45) is 1.96. The summed E-state index contributed by atoms with van der Waals surface area (Å²) < 4.78 is 1.01. The third-order valence-electron chi connectivity index (χ3n) is 4.57. The maximum Gasteiger partial charge on any atom is 0.311 e. The van der Waals surface area contributed by atoms with Gasteiger partial charge in [0.25, 0.3) is 0 Å². The number of amides is 1. The molecular formula is C17H22BrNO3. The number of benzene rings is 1. The molecule has 22 heavy (non-hydrogen) atoms. The fourth-order valence-corrected chi connectivity index (χ4v) is 3.36. The van der Waals surface area contributed by atoms with E-state index in [4.69, 9.17) is 0 Å².